The number of carboxylic acids is 1. The predicted molar refractivity (Wildman–Crippen MR) is 107 cm³/mol. The van der Waals surface area contributed by atoms with E-state index in [1.54, 1.807) is 24.5 Å². The molecule has 1 aromatic carbocycles. The van der Waals surface area contributed by atoms with Crippen molar-refractivity contribution in [2.24, 2.45) is 0 Å². The summed E-state index contributed by atoms with van der Waals surface area (Å²) < 4.78 is 13.3. The maximum atomic E-state index is 13.3. The number of aromatic nitrogens is 2. The number of halogens is 1. The Morgan fingerprint density at radius 3 is 2.96 bits per heavy atom. The van der Waals surface area contributed by atoms with E-state index in [4.69, 9.17) is 5.11 Å². The average molecular weight is 384 g/mol. The molecule has 0 bridgehead atoms. The molecule has 1 aromatic heterocycles. The molecule has 6 nitrogen and oxygen atoms in total. The maximum absolute atomic E-state index is 13.3. The number of hydrogen-bond donors (Lipinski definition) is 2. The Labute approximate surface area is 164 Å². The Hall–Kier alpha value is -2.80. The maximum Gasteiger partial charge on any atom is 0.331 e. The molecule has 2 aromatic rings. The first-order valence-corrected chi connectivity index (χ1v) is 9.46. The number of carbonyl (C=O) groups is 1. The molecule has 3 rings (SSSR count). The summed E-state index contributed by atoms with van der Waals surface area (Å²) in [7, 11) is 0. The van der Waals surface area contributed by atoms with E-state index in [9.17, 15) is 9.18 Å². The highest BCUT2D eigenvalue weighted by Gasteiger charge is 2.20. The molecule has 1 saturated heterocycles. The van der Waals surface area contributed by atoms with E-state index in [0.717, 1.165) is 44.5 Å². The molecular formula is C21H25FN4O2. The van der Waals surface area contributed by atoms with Gasteiger partial charge >= 0.3 is 5.97 Å². The third-order valence-corrected chi connectivity index (χ3v) is 4.84. The van der Waals surface area contributed by atoms with Crippen LogP contribution in [0.25, 0.3) is 6.08 Å². The van der Waals surface area contributed by atoms with Crippen LogP contribution in [0.1, 0.15) is 31.0 Å². The van der Waals surface area contributed by atoms with Crippen molar-refractivity contribution in [3.8, 4) is 0 Å². The normalized spacial score (nSPS) is 18.1. The fourth-order valence-electron chi connectivity index (χ4n) is 3.34. The molecule has 0 radical (unpaired) electrons. The van der Waals surface area contributed by atoms with E-state index in [0.29, 0.717) is 11.5 Å². The van der Waals surface area contributed by atoms with Crippen molar-refractivity contribution in [2.75, 3.05) is 25.0 Å². The summed E-state index contributed by atoms with van der Waals surface area (Å²) in [5, 5.41) is 12.3. The van der Waals surface area contributed by atoms with Gasteiger partial charge in [-0.15, -0.1) is 0 Å². The van der Waals surface area contributed by atoms with E-state index in [-0.39, 0.29) is 17.4 Å². The molecule has 7 heteroatoms. The molecule has 1 aliphatic heterocycles. The number of rotatable bonds is 7. The van der Waals surface area contributed by atoms with Gasteiger partial charge in [0.15, 0.2) is 0 Å². The zero-order valence-electron chi connectivity index (χ0n) is 15.9. The lowest BCUT2D eigenvalue weighted by Crippen LogP contribution is -2.43. The van der Waals surface area contributed by atoms with Gasteiger partial charge in [0.2, 0.25) is 0 Å². The molecule has 0 spiro atoms. The van der Waals surface area contributed by atoms with E-state index < -0.39 is 5.97 Å². The van der Waals surface area contributed by atoms with E-state index in [1.165, 1.54) is 19.1 Å². The molecule has 28 heavy (non-hydrogen) atoms. The molecule has 1 atom stereocenters. The summed E-state index contributed by atoms with van der Waals surface area (Å²) in [4.78, 5) is 21.9. The minimum Gasteiger partial charge on any atom is -0.478 e. The van der Waals surface area contributed by atoms with Crippen LogP contribution >= 0.6 is 0 Å². The number of likely N-dealkylation sites (tertiary alicyclic amines) is 1. The van der Waals surface area contributed by atoms with Crippen LogP contribution in [-0.2, 0) is 11.2 Å². The van der Waals surface area contributed by atoms with Gasteiger partial charge in [-0.3, -0.25) is 4.98 Å². The molecule has 2 heterocycles. The summed E-state index contributed by atoms with van der Waals surface area (Å²) in [6.07, 6.45) is 7.67. The molecular weight excluding hydrogens is 359 g/mol. The van der Waals surface area contributed by atoms with Crippen molar-refractivity contribution in [2.45, 2.75) is 32.2 Å². The van der Waals surface area contributed by atoms with Gasteiger partial charge in [-0.05, 0) is 56.5 Å². The predicted octanol–water partition coefficient (Wildman–Crippen LogP) is 3.22. The molecule has 148 valence electrons. The standard InChI is InChI=1S/C21H25FN4O2/c1-15(21(27)28)10-19-12-24-20(13-23-19)25-18-6-3-8-26(14-18)9-7-16-4-2-5-17(22)11-16/h2,4-5,10-13,18H,3,6-9,14H2,1H3,(H,24,25)(H,27,28)/b15-10+/t18-/m1/s1. The van der Waals surface area contributed by atoms with Crippen LogP contribution in [0.5, 0.6) is 0 Å². The first-order valence-electron chi connectivity index (χ1n) is 9.46. The Kier molecular flexibility index (Phi) is 6.71. The average Bonchev–Trinajstić information content (AvgIpc) is 2.68. The first-order chi connectivity index (χ1) is 13.5. The van der Waals surface area contributed by atoms with Crippen LogP contribution in [0.15, 0.2) is 42.2 Å². The van der Waals surface area contributed by atoms with E-state index in [1.807, 2.05) is 6.07 Å². The molecule has 0 amide bonds. The molecule has 0 aliphatic carbocycles. The molecule has 0 saturated carbocycles. The monoisotopic (exact) mass is 384 g/mol. The lowest BCUT2D eigenvalue weighted by Gasteiger charge is -2.33. The summed E-state index contributed by atoms with van der Waals surface area (Å²) in [5.41, 5.74) is 1.75. The highest BCUT2D eigenvalue weighted by Crippen LogP contribution is 2.16. The first kappa shape index (κ1) is 19.9. The second kappa shape index (κ2) is 9.41. The summed E-state index contributed by atoms with van der Waals surface area (Å²) in [6, 6.07) is 7.05. The second-order valence-electron chi connectivity index (χ2n) is 7.12. The largest absolute Gasteiger partial charge is 0.478 e. The number of nitrogens with zero attached hydrogens (tertiary/aromatic N) is 3. The highest BCUT2D eigenvalue weighted by atomic mass is 19.1. The minimum atomic E-state index is -0.968. The van der Waals surface area contributed by atoms with Gasteiger partial charge < -0.3 is 15.3 Å². The van der Waals surface area contributed by atoms with Crippen molar-refractivity contribution in [1.82, 2.24) is 14.9 Å². The Morgan fingerprint density at radius 1 is 1.39 bits per heavy atom. The van der Waals surface area contributed by atoms with Gasteiger partial charge in [-0.1, -0.05) is 12.1 Å². The minimum absolute atomic E-state index is 0.189. The topological polar surface area (TPSA) is 78.4 Å². The van der Waals surface area contributed by atoms with E-state index in [2.05, 4.69) is 20.2 Å². The second-order valence-corrected chi connectivity index (χ2v) is 7.12. The lowest BCUT2D eigenvalue weighted by molar-refractivity contribution is -0.132. The van der Waals surface area contributed by atoms with Gasteiger partial charge in [-0.25, -0.2) is 14.2 Å². The smallest absolute Gasteiger partial charge is 0.331 e. The van der Waals surface area contributed by atoms with Crippen molar-refractivity contribution in [3.05, 3.63) is 59.3 Å². The molecule has 1 aliphatic rings. The number of anilines is 1. The van der Waals surface area contributed by atoms with Gasteiger partial charge in [0.05, 0.1) is 18.1 Å². The van der Waals surface area contributed by atoms with Gasteiger partial charge in [0.25, 0.3) is 0 Å². The Bertz CT molecular complexity index is 839. The van der Waals surface area contributed by atoms with Gasteiger partial charge in [0, 0.05) is 24.7 Å². The van der Waals surface area contributed by atoms with Crippen molar-refractivity contribution < 1.29 is 14.3 Å². The van der Waals surface area contributed by atoms with Crippen LogP contribution in [0.2, 0.25) is 0 Å². The van der Waals surface area contributed by atoms with Crippen LogP contribution in [0.4, 0.5) is 10.2 Å². The number of nitrogens with one attached hydrogen (secondary N) is 1. The van der Waals surface area contributed by atoms with Crippen LogP contribution in [0, 0.1) is 5.82 Å². The SMILES string of the molecule is C/C(=C\c1cnc(N[C@@H]2CCCN(CCc3cccc(F)c3)C2)cn1)C(=O)O. The van der Waals surface area contributed by atoms with Gasteiger partial charge in [0.1, 0.15) is 11.6 Å². The van der Waals surface area contributed by atoms with Crippen LogP contribution in [0.3, 0.4) is 0 Å². The number of aliphatic carboxylic acids is 1. The quantitative estimate of drug-likeness (QED) is 0.714. The third-order valence-electron chi connectivity index (χ3n) is 4.84. The Morgan fingerprint density at radius 2 is 2.25 bits per heavy atom. The van der Waals surface area contributed by atoms with Crippen molar-refractivity contribution >= 4 is 17.9 Å². The van der Waals surface area contributed by atoms with Gasteiger partial charge in [-0.2, -0.15) is 0 Å². The number of carboxylic acid groups (broad SMARTS) is 1. The third kappa shape index (κ3) is 5.85. The van der Waals surface area contributed by atoms with Crippen molar-refractivity contribution in [1.29, 1.82) is 0 Å². The van der Waals surface area contributed by atoms with Crippen LogP contribution in [-0.4, -0.2) is 51.6 Å². The highest BCUT2D eigenvalue weighted by molar-refractivity contribution is 5.91. The fourth-order valence-corrected chi connectivity index (χ4v) is 3.34. The lowest BCUT2D eigenvalue weighted by atomic mass is 10.0. The number of benzene rings is 1. The number of piperidine rings is 1. The molecule has 2 N–H and O–H groups in total. The number of hydrogen-bond acceptors (Lipinski definition) is 5. The summed E-state index contributed by atoms with van der Waals surface area (Å²) >= 11 is 0. The van der Waals surface area contributed by atoms with Crippen molar-refractivity contribution in [3.63, 3.8) is 0 Å². The van der Waals surface area contributed by atoms with Crippen LogP contribution < -0.4 is 5.32 Å². The summed E-state index contributed by atoms with van der Waals surface area (Å²) in [6.45, 7) is 4.36. The summed E-state index contributed by atoms with van der Waals surface area (Å²) in [5.74, 6) is -0.474. The zero-order valence-corrected chi connectivity index (χ0v) is 15.9. The Balaban J connectivity index is 1.52. The molecule has 0 unspecified atom stereocenters. The van der Waals surface area contributed by atoms with E-state index >= 15 is 0 Å². The molecule has 1 fully saturated rings. The zero-order chi connectivity index (χ0) is 19.9. The fraction of sp³-hybridized carbons (Fsp3) is 0.381.